The lowest BCUT2D eigenvalue weighted by Gasteiger charge is -2.06. The Morgan fingerprint density at radius 2 is 2.15 bits per heavy atom. The number of nitrogens with zero attached hydrogens (tertiary/aromatic N) is 1. The lowest BCUT2D eigenvalue weighted by Crippen LogP contribution is -2.10. The molecule has 0 spiro atoms. The fourth-order valence-electron chi connectivity index (χ4n) is 1.86. The molecule has 106 valence electrons. The molecule has 0 fully saturated rings. The van der Waals surface area contributed by atoms with Crippen LogP contribution in [0.15, 0.2) is 34.7 Å². The minimum Gasteiger partial charge on any atom is -0.496 e. The molecule has 1 N–H and O–H groups in total. The van der Waals surface area contributed by atoms with Crippen molar-refractivity contribution in [2.24, 2.45) is 0 Å². The highest BCUT2D eigenvalue weighted by molar-refractivity contribution is 5.68. The number of non-ortho nitro benzene ring substituents is 1. The summed E-state index contributed by atoms with van der Waals surface area (Å²) in [6, 6.07) is 8.16. The fraction of sp³-hybridized carbons (Fsp3) is 0.286. The zero-order chi connectivity index (χ0) is 14.5. The van der Waals surface area contributed by atoms with E-state index in [1.165, 1.54) is 19.2 Å². The number of benzene rings is 1. The van der Waals surface area contributed by atoms with Crippen molar-refractivity contribution < 1.29 is 14.1 Å². The van der Waals surface area contributed by atoms with E-state index in [0.29, 0.717) is 23.6 Å². The zero-order valence-corrected chi connectivity index (χ0v) is 11.4. The van der Waals surface area contributed by atoms with Gasteiger partial charge in [0.15, 0.2) is 0 Å². The molecule has 2 aromatic rings. The molecule has 1 aromatic carbocycles. The summed E-state index contributed by atoms with van der Waals surface area (Å²) >= 11 is 0. The number of rotatable bonds is 6. The van der Waals surface area contributed by atoms with Crippen LogP contribution in [-0.2, 0) is 6.54 Å². The van der Waals surface area contributed by atoms with Gasteiger partial charge in [-0.1, -0.05) is 6.92 Å². The van der Waals surface area contributed by atoms with Crippen molar-refractivity contribution in [1.82, 2.24) is 5.32 Å². The molecule has 0 atom stereocenters. The molecule has 1 aromatic heterocycles. The minimum absolute atomic E-state index is 0.00923. The Hall–Kier alpha value is -2.34. The first-order valence-electron chi connectivity index (χ1n) is 6.28. The first-order valence-corrected chi connectivity index (χ1v) is 6.28. The van der Waals surface area contributed by atoms with Crippen LogP contribution in [0, 0.1) is 10.1 Å². The first-order chi connectivity index (χ1) is 9.65. The van der Waals surface area contributed by atoms with E-state index in [4.69, 9.17) is 9.15 Å². The maximum Gasteiger partial charge on any atom is 0.273 e. The minimum atomic E-state index is -0.453. The lowest BCUT2D eigenvalue weighted by molar-refractivity contribution is -0.384. The van der Waals surface area contributed by atoms with E-state index >= 15 is 0 Å². The standard InChI is InChI=1S/C14H16N2O4/c1-3-15-9-11-5-7-13(20-11)12-6-4-10(16(17)18)8-14(12)19-2/h4-8,15H,3,9H2,1-2H3. The number of ether oxygens (including phenoxy) is 1. The molecule has 0 aliphatic heterocycles. The van der Waals surface area contributed by atoms with Gasteiger partial charge in [0.1, 0.15) is 17.3 Å². The number of nitro benzene ring substituents is 1. The molecule has 0 bridgehead atoms. The second-order valence-corrected chi connectivity index (χ2v) is 4.19. The van der Waals surface area contributed by atoms with Gasteiger partial charge in [-0.15, -0.1) is 0 Å². The fourth-order valence-corrected chi connectivity index (χ4v) is 1.86. The van der Waals surface area contributed by atoms with Crippen molar-refractivity contribution in [3.05, 3.63) is 46.2 Å². The van der Waals surface area contributed by atoms with E-state index in [-0.39, 0.29) is 5.69 Å². The van der Waals surface area contributed by atoms with Gasteiger partial charge >= 0.3 is 0 Å². The van der Waals surface area contributed by atoms with Crippen LogP contribution in [0.5, 0.6) is 5.75 Å². The maximum atomic E-state index is 10.8. The average Bonchev–Trinajstić information content (AvgIpc) is 2.92. The van der Waals surface area contributed by atoms with E-state index in [0.717, 1.165) is 12.3 Å². The van der Waals surface area contributed by atoms with Crippen LogP contribution in [0.25, 0.3) is 11.3 Å². The van der Waals surface area contributed by atoms with Gasteiger partial charge in [-0.3, -0.25) is 10.1 Å². The summed E-state index contributed by atoms with van der Waals surface area (Å²) in [5.41, 5.74) is 0.686. The largest absolute Gasteiger partial charge is 0.496 e. The van der Waals surface area contributed by atoms with Crippen LogP contribution in [0.2, 0.25) is 0 Å². The summed E-state index contributed by atoms with van der Waals surface area (Å²) in [5.74, 6) is 1.86. The normalized spacial score (nSPS) is 10.5. The van der Waals surface area contributed by atoms with E-state index in [1.807, 2.05) is 19.1 Å². The number of methoxy groups -OCH3 is 1. The summed E-state index contributed by atoms with van der Waals surface area (Å²) in [6.07, 6.45) is 0. The van der Waals surface area contributed by atoms with Gasteiger partial charge in [0.25, 0.3) is 5.69 Å². The summed E-state index contributed by atoms with van der Waals surface area (Å²) in [4.78, 5) is 10.3. The SMILES string of the molecule is CCNCc1ccc(-c2ccc([N+](=O)[O-])cc2OC)o1. The van der Waals surface area contributed by atoms with Crippen LogP contribution < -0.4 is 10.1 Å². The number of nitro groups is 1. The van der Waals surface area contributed by atoms with Crippen molar-refractivity contribution in [3.63, 3.8) is 0 Å². The first kappa shape index (κ1) is 14.1. The van der Waals surface area contributed by atoms with Gasteiger partial charge in [0.2, 0.25) is 0 Å². The molecular formula is C14H16N2O4. The number of hydrogen-bond donors (Lipinski definition) is 1. The molecule has 20 heavy (non-hydrogen) atoms. The smallest absolute Gasteiger partial charge is 0.273 e. The van der Waals surface area contributed by atoms with Crippen LogP contribution in [0.1, 0.15) is 12.7 Å². The summed E-state index contributed by atoms with van der Waals surface area (Å²) in [5, 5.41) is 13.9. The van der Waals surface area contributed by atoms with Crippen molar-refractivity contribution in [2.45, 2.75) is 13.5 Å². The molecular weight excluding hydrogens is 260 g/mol. The molecule has 6 nitrogen and oxygen atoms in total. The highest BCUT2D eigenvalue weighted by Gasteiger charge is 2.15. The third-order valence-electron chi connectivity index (χ3n) is 2.87. The number of hydrogen-bond acceptors (Lipinski definition) is 5. The van der Waals surface area contributed by atoms with E-state index in [1.54, 1.807) is 6.07 Å². The predicted molar refractivity (Wildman–Crippen MR) is 74.7 cm³/mol. The quantitative estimate of drug-likeness (QED) is 0.648. The van der Waals surface area contributed by atoms with Crippen LogP contribution in [0.4, 0.5) is 5.69 Å². The van der Waals surface area contributed by atoms with Crippen molar-refractivity contribution in [1.29, 1.82) is 0 Å². The van der Waals surface area contributed by atoms with E-state index < -0.39 is 4.92 Å². The van der Waals surface area contributed by atoms with Gasteiger partial charge in [-0.25, -0.2) is 0 Å². The molecule has 2 rings (SSSR count). The Bertz CT molecular complexity index is 607. The molecule has 1 heterocycles. The molecule has 0 saturated carbocycles. The highest BCUT2D eigenvalue weighted by Crippen LogP contribution is 2.34. The van der Waals surface area contributed by atoms with Gasteiger partial charge in [-0.05, 0) is 24.7 Å². The van der Waals surface area contributed by atoms with Crippen molar-refractivity contribution >= 4 is 5.69 Å². The second-order valence-electron chi connectivity index (χ2n) is 4.19. The van der Waals surface area contributed by atoms with Crippen molar-refractivity contribution in [2.75, 3.05) is 13.7 Å². The third kappa shape index (κ3) is 2.97. The second kappa shape index (κ2) is 6.21. The zero-order valence-electron chi connectivity index (χ0n) is 11.4. The van der Waals surface area contributed by atoms with E-state index in [2.05, 4.69) is 5.32 Å². The topological polar surface area (TPSA) is 77.5 Å². The Morgan fingerprint density at radius 3 is 2.80 bits per heavy atom. The van der Waals surface area contributed by atoms with Gasteiger partial charge in [0.05, 0.1) is 30.2 Å². The molecule has 0 saturated heterocycles. The highest BCUT2D eigenvalue weighted by atomic mass is 16.6. The van der Waals surface area contributed by atoms with Crippen LogP contribution in [0.3, 0.4) is 0 Å². The van der Waals surface area contributed by atoms with Gasteiger partial charge < -0.3 is 14.5 Å². The summed E-state index contributed by atoms with van der Waals surface area (Å²) in [6.45, 7) is 3.52. The molecule has 0 aliphatic carbocycles. The Labute approximate surface area is 116 Å². The maximum absolute atomic E-state index is 10.8. The van der Waals surface area contributed by atoms with Gasteiger partial charge in [-0.2, -0.15) is 0 Å². The average molecular weight is 276 g/mol. The molecule has 0 aliphatic rings. The Morgan fingerprint density at radius 1 is 1.35 bits per heavy atom. The molecule has 0 unspecified atom stereocenters. The predicted octanol–water partition coefficient (Wildman–Crippen LogP) is 2.97. The molecule has 0 amide bonds. The number of furan rings is 1. The Kier molecular flexibility index (Phi) is 4.37. The third-order valence-corrected chi connectivity index (χ3v) is 2.87. The summed E-state index contributed by atoms with van der Waals surface area (Å²) < 4.78 is 10.9. The molecule has 0 radical (unpaired) electrons. The summed E-state index contributed by atoms with van der Waals surface area (Å²) in [7, 11) is 1.48. The number of nitrogens with one attached hydrogen (secondary N) is 1. The van der Waals surface area contributed by atoms with Crippen LogP contribution >= 0.6 is 0 Å². The van der Waals surface area contributed by atoms with Crippen molar-refractivity contribution in [3.8, 4) is 17.1 Å². The van der Waals surface area contributed by atoms with Gasteiger partial charge in [0, 0.05) is 6.07 Å². The Balaban J connectivity index is 2.32. The monoisotopic (exact) mass is 276 g/mol. The van der Waals surface area contributed by atoms with Crippen LogP contribution in [-0.4, -0.2) is 18.6 Å². The molecule has 6 heteroatoms. The lowest BCUT2D eigenvalue weighted by atomic mass is 10.1. The van der Waals surface area contributed by atoms with E-state index in [9.17, 15) is 10.1 Å².